The van der Waals surface area contributed by atoms with Crippen molar-refractivity contribution in [2.24, 2.45) is 4.99 Å². The summed E-state index contributed by atoms with van der Waals surface area (Å²) >= 11 is 0. The van der Waals surface area contributed by atoms with Gasteiger partial charge in [0.1, 0.15) is 17.7 Å². The predicted octanol–water partition coefficient (Wildman–Crippen LogP) is 2.26. The predicted molar refractivity (Wildman–Crippen MR) is 107 cm³/mol. The number of rotatable bonds is 8. The van der Waals surface area contributed by atoms with Gasteiger partial charge in [-0.15, -0.1) is 0 Å². The molecule has 0 spiro atoms. The Morgan fingerprint density at radius 1 is 1.33 bits per heavy atom. The second-order valence-electron chi connectivity index (χ2n) is 7.14. The third-order valence-corrected chi connectivity index (χ3v) is 4.35. The smallest absolute Gasteiger partial charge is 0.191 e. The monoisotopic (exact) mass is 380 g/mol. The molecule has 0 amide bonds. The fraction of sp³-hybridized carbons (Fsp3) is 0.650. The minimum absolute atomic E-state index is 0.110. The van der Waals surface area contributed by atoms with Gasteiger partial charge >= 0.3 is 0 Å². The van der Waals surface area contributed by atoms with Crippen LogP contribution < -0.4 is 15.4 Å². The summed E-state index contributed by atoms with van der Waals surface area (Å²) in [5.74, 6) is 0.976. The summed E-state index contributed by atoms with van der Waals surface area (Å²) in [7, 11) is 1.75. The third kappa shape index (κ3) is 8.13. The fourth-order valence-electron chi connectivity index (χ4n) is 3.25. The van der Waals surface area contributed by atoms with Crippen LogP contribution in [-0.4, -0.2) is 68.9 Å². The number of guanidine groups is 1. The summed E-state index contributed by atoms with van der Waals surface area (Å²) in [4.78, 5) is 6.68. The molecular weight excluding hydrogens is 347 g/mol. The van der Waals surface area contributed by atoms with E-state index in [0.29, 0.717) is 24.5 Å². The lowest BCUT2D eigenvalue weighted by atomic mass is 10.2. The number of hydrogen-bond acceptors (Lipinski definition) is 4. The molecule has 2 rings (SSSR count). The van der Waals surface area contributed by atoms with Gasteiger partial charge in [0.25, 0.3) is 0 Å². The van der Waals surface area contributed by atoms with Gasteiger partial charge in [-0.25, -0.2) is 4.39 Å². The first-order chi connectivity index (χ1) is 13.0. The molecule has 0 bridgehead atoms. The van der Waals surface area contributed by atoms with E-state index in [-0.39, 0.29) is 11.9 Å². The van der Waals surface area contributed by atoms with Crippen LogP contribution in [0.15, 0.2) is 29.3 Å². The first kappa shape index (κ1) is 21.4. The number of nitrogens with one attached hydrogen (secondary N) is 2. The number of benzene rings is 1. The van der Waals surface area contributed by atoms with Crippen LogP contribution in [0.5, 0.6) is 5.75 Å². The highest BCUT2D eigenvalue weighted by atomic mass is 19.1. The highest BCUT2D eigenvalue weighted by molar-refractivity contribution is 5.79. The van der Waals surface area contributed by atoms with Crippen molar-refractivity contribution >= 4 is 5.96 Å². The summed E-state index contributed by atoms with van der Waals surface area (Å²) in [6.07, 6.45) is 1.53. The van der Waals surface area contributed by atoms with E-state index in [1.807, 2.05) is 6.92 Å². The van der Waals surface area contributed by atoms with Crippen molar-refractivity contribution in [2.45, 2.75) is 45.5 Å². The first-order valence-electron chi connectivity index (χ1n) is 9.70. The average molecular weight is 381 g/mol. The maximum absolute atomic E-state index is 13.2. The summed E-state index contributed by atoms with van der Waals surface area (Å²) in [6.45, 7) is 10.6. The lowest BCUT2D eigenvalue weighted by Gasteiger charge is -2.35. The van der Waals surface area contributed by atoms with Gasteiger partial charge in [-0.05, 0) is 39.3 Å². The van der Waals surface area contributed by atoms with E-state index in [9.17, 15) is 4.39 Å². The molecule has 0 saturated carbocycles. The molecule has 3 atom stereocenters. The van der Waals surface area contributed by atoms with Gasteiger partial charge in [-0.1, -0.05) is 6.07 Å². The number of morpholine rings is 1. The zero-order chi connectivity index (χ0) is 19.6. The Labute approximate surface area is 162 Å². The van der Waals surface area contributed by atoms with Crippen molar-refractivity contribution in [3.8, 4) is 5.75 Å². The minimum Gasteiger partial charge on any atom is -0.489 e. The van der Waals surface area contributed by atoms with E-state index < -0.39 is 0 Å². The van der Waals surface area contributed by atoms with Crippen LogP contribution in [-0.2, 0) is 4.74 Å². The molecular formula is C20H33FN4O2. The molecule has 3 unspecified atom stereocenters. The minimum atomic E-state index is -0.297. The molecule has 1 aliphatic heterocycles. The van der Waals surface area contributed by atoms with E-state index in [1.165, 1.54) is 12.1 Å². The standard InChI is InChI=1S/C20H33FN4O2/c1-15(27-19-8-5-7-18(21)11-19)12-24-20(22-4)23-9-6-10-25-13-16(2)26-17(3)14-25/h5,7-8,11,15-17H,6,9-10,12-14H2,1-4H3,(H2,22,23,24). The van der Waals surface area contributed by atoms with Crippen molar-refractivity contribution in [1.29, 1.82) is 0 Å². The molecule has 0 aliphatic carbocycles. The molecule has 1 aromatic carbocycles. The lowest BCUT2D eigenvalue weighted by Crippen LogP contribution is -2.46. The molecule has 0 aromatic heterocycles. The highest BCUT2D eigenvalue weighted by Crippen LogP contribution is 2.13. The van der Waals surface area contributed by atoms with Gasteiger partial charge in [0.05, 0.1) is 18.8 Å². The molecule has 1 fully saturated rings. The molecule has 1 saturated heterocycles. The summed E-state index contributed by atoms with van der Waals surface area (Å²) in [6, 6.07) is 6.18. The SMILES string of the molecule is CN=C(NCCCN1CC(C)OC(C)C1)NCC(C)Oc1cccc(F)c1. The zero-order valence-electron chi connectivity index (χ0n) is 16.9. The van der Waals surface area contributed by atoms with E-state index in [0.717, 1.165) is 38.6 Å². The van der Waals surface area contributed by atoms with E-state index >= 15 is 0 Å². The average Bonchev–Trinajstić information content (AvgIpc) is 2.60. The van der Waals surface area contributed by atoms with Crippen LogP contribution in [0.1, 0.15) is 27.2 Å². The first-order valence-corrected chi connectivity index (χ1v) is 9.70. The molecule has 1 aliphatic rings. The molecule has 2 N–H and O–H groups in total. The molecule has 152 valence electrons. The summed E-state index contributed by atoms with van der Waals surface area (Å²) in [5.41, 5.74) is 0. The van der Waals surface area contributed by atoms with Crippen LogP contribution >= 0.6 is 0 Å². The lowest BCUT2D eigenvalue weighted by molar-refractivity contribution is -0.0679. The largest absolute Gasteiger partial charge is 0.489 e. The number of ether oxygens (including phenoxy) is 2. The van der Waals surface area contributed by atoms with Gasteiger partial charge in [-0.2, -0.15) is 0 Å². The van der Waals surface area contributed by atoms with Crippen LogP contribution in [0.25, 0.3) is 0 Å². The highest BCUT2D eigenvalue weighted by Gasteiger charge is 2.21. The Morgan fingerprint density at radius 2 is 2.07 bits per heavy atom. The maximum atomic E-state index is 13.2. The zero-order valence-corrected chi connectivity index (χ0v) is 16.9. The summed E-state index contributed by atoms with van der Waals surface area (Å²) in [5, 5.41) is 6.57. The number of halogens is 1. The Kier molecular flexibility index (Phi) is 8.81. The Balaban J connectivity index is 1.62. The molecule has 1 heterocycles. The molecule has 0 radical (unpaired) electrons. The van der Waals surface area contributed by atoms with Crippen molar-refractivity contribution in [3.63, 3.8) is 0 Å². The topological polar surface area (TPSA) is 58.1 Å². The molecule has 6 nitrogen and oxygen atoms in total. The normalized spacial score (nSPS) is 22.3. The van der Waals surface area contributed by atoms with E-state index in [1.54, 1.807) is 19.2 Å². The third-order valence-electron chi connectivity index (χ3n) is 4.35. The Morgan fingerprint density at radius 3 is 2.74 bits per heavy atom. The van der Waals surface area contributed by atoms with Gasteiger partial charge in [0.15, 0.2) is 5.96 Å². The van der Waals surface area contributed by atoms with Gasteiger partial charge in [-0.3, -0.25) is 9.89 Å². The number of nitrogens with zero attached hydrogens (tertiary/aromatic N) is 2. The van der Waals surface area contributed by atoms with Crippen LogP contribution in [0.4, 0.5) is 4.39 Å². The molecule has 7 heteroatoms. The van der Waals surface area contributed by atoms with Gasteiger partial charge < -0.3 is 20.1 Å². The maximum Gasteiger partial charge on any atom is 0.191 e. The van der Waals surface area contributed by atoms with Crippen molar-refractivity contribution < 1.29 is 13.9 Å². The quantitative estimate of drug-likeness (QED) is 0.412. The van der Waals surface area contributed by atoms with Crippen molar-refractivity contribution in [1.82, 2.24) is 15.5 Å². The van der Waals surface area contributed by atoms with Crippen LogP contribution in [0.2, 0.25) is 0 Å². The second-order valence-corrected chi connectivity index (χ2v) is 7.14. The van der Waals surface area contributed by atoms with Gasteiger partial charge in [0, 0.05) is 39.3 Å². The van der Waals surface area contributed by atoms with Crippen molar-refractivity contribution in [3.05, 3.63) is 30.1 Å². The number of hydrogen-bond donors (Lipinski definition) is 2. The fourth-order valence-corrected chi connectivity index (χ4v) is 3.25. The van der Waals surface area contributed by atoms with E-state index in [4.69, 9.17) is 9.47 Å². The Hall–Kier alpha value is -1.86. The van der Waals surface area contributed by atoms with Crippen LogP contribution in [0.3, 0.4) is 0 Å². The Bertz CT molecular complexity index is 589. The second kappa shape index (κ2) is 11.1. The van der Waals surface area contributed by atoms with E-state index in [2.05, 4.69) is 34.4 Å². The van der Waals surface area contributed by atoms with Gasteiger partial charge in [0.2, 0.25) is 0 Å². The molecule has 1 aromatic rings. The molecule has 27 heavy (non-hydrogen) atoms. The summed E-state index contributed by atoms with van der Waals surface area (Å²) < 4.78 is 24.7. The van der Waals surface area contributed by atoms with Crippen LogP contribution in [0, 0.1) is 5.82 Å². The number of aliphatic imine (C=N–C) groups is 1. The van der Waals surface area contributed by atoms with Crippen molar-refractivity contribution in [2.75, 3.05) is 39.8 Å².